The Hall–Kier alpha value is -0.610. The number of carbonyl (C=O) groups excluding carboxylic acids is 1. The second-order valence-corrected chi connectivity index (χ2v) is 8.49. The highest BCUT2D eigenvalue weighted by molar-refractivity contribution is 14.0. The zero-order valence-electron chi connectivity index (χ0n) is 18.3. The van der Waals surface area contributed by atoms with Gasteiger partial charge >= 0.3 is 0 Å². The fourth-order valence-corrected chi connectivity index (χ4v) is 4.59. The Morgan fingerprint density at radius 2 is 1.90 bits per heavy atom. The number of aliphatic imine (C=N–C) groups is 1. The summed E-state index contributed by atoms with van der Waals surface area (Å²) in [7, 11) is 2.12. The van der Waals surface area contributed by atoms with Crippen LogP contribution in [0.25, 0.3) is 0 Å². The van der Waals surface area contributed by atoms with Crippen LogP contribution in [0, 0.1) is 11.8 Å². The Labute approximate surface area is 193 Å². The molecule has 3 rings (SSSR count). The molecular weight excluding hydrogens is 481 g/mol. The maximum atomic E-state index is 12.6. The van der Waals surface area contributed by atoms with Gasteiger partial charge in [-0.05, 0) is 26.2 Å². The summed E-state index contributed by atoms with van der Waals surface area (Å²) in [6.07, 6.45) is 5.80. The molecule has 29 heavy (non-hydrogen) atoms. The average molecular weight is 521 g/mol. The summed E-state index contributed by atoms with van der Waals surface area (Å²) in [6, 6.07) is 0. The van der Waals surface area contributed by atoms with Gasteiger partial charge in [-0.25, -0.2) is 0 Å². The highest BCUT2D eigenvalue weighted by Crippen LogP contribution is 2.26. The van der Waals surface area contributed by atoms with E-state index < -0.39 is 0 Å². The van der Waals surface area contributed by atoms with Gasteiger partial charge in [-0.2, -0.15) is 0 Å². The lowest BCUT2D eigenvalue weighted by Crippen LogP contribution is -2.50. The largest absolute Gasteiger partial charge is 0.381 e. The van der Waals surface area contributed by atoms with Crippen molar-refractivity contribution in [3.05, 3.63) is 0 Å². The maximum Gasteiger partial charge on any atom is 0.225 e. The first kappa shape index (κ1) is 24.7. The van der Waals surface area contributed by atoms with E-state index in [0.717, 1.165) is 90.8 Å². The standard InChI is InChI=1S/C21H39N5O2.HI/c1-3-22-21(24(2)16-18-8-15-28-17-18)23-9-10-25-11-13-26(14-12-25)20(27)19-6-4-5-7-19;/h18-19H,3-17H2,1-2H3,(H,22,23);1H. The molecule has 2 aliphatic heterocycles. The molecule has 3 aliphatic rings. The average Bonchev–Trinajstić information content (AvgIpc) is 3.41. The molecule has 7 nitrogen and oxygen atoms in total. The maximum absolute atomic E-state index is 12.6. The minimum absolute atomic E-state index is 0. The van der Waals surface area contributed by atoms with Crippen LogP contribution in [-0.4, -0.2) is 99.2 Å². The number of rotatable bonds is 7. The number of piperazine rings is 1. The number of hydrogen-bond donors (Lipinski definition) is 1. The Morgan fingerprint density at radius 1 is 1.17 bits per heavy atom. The van der Waals surface area contributed by atoms with E-state index in [4.69, 9.17) is 9.73 Å². The molecule has 1 saturated carbocycles. The molecule has 1 amide bonds. The van der Waals surface area contributed by atoms with Crippen LogP contribution in [0.1, 0.15) is 39.0 Å². The van der Waals surface area contributed by atoms with Crippen LogP contribution in [0.4, 0.5) is 0 Å². The summed E-state index contributed by atoms with van der Waals surface area (Å²) >= 11 is 0. The van der Waals surface area contributed by atoms with E-state index in [1.54, 1.807) is 0 Å². The van der Waals surface area contributed by atoms with Gasteiger partial charge in [0.05, 0.1) is 13.2 Å². The molecule has 1 atom stereocenters. The van der Waals surface area contributed by atoms with E-state index in [9.17, 15) is 4.79 Å². The van der Waals surface area contributed by atoms with Gasteiger partial charge < -0.3 is 19.9 Å². The lowest BCUT2D eigenvalue weighted by Gasteiger charge is -2.35. The van der Waals surface area contributed by atoms with Gasteiger partial charge in [0, 0.05) is 71.3 Å². The van der Waals surface area contributed by atoms with E-state index in [1.165, 1.54) is 12.8 Å². The van der Waals surface area contributed by atoms with Crippen molar-refractivity contribution in [3.8, 4) is 0 Å². The first-order valence-corrected chi connectivity index (χ1v) is 11.3. The zero-order valence-corrected chi connectivity index (χ0v) is 20.6. The SMILES string of the molecule is CCNC(=NCCN1CCN(C(=O)C2CCCC2)CC1)N(C)CC1CCOC1.I. The Balaban J connectivity index is 0.00000300. The summed E-state index contributed by atoms with van der Waals surface area (Å²) in [5.41, 5.74) is 0. The molecule has 2 heterocycles. The first-order valence-electron chi connectivity index (χ1n) is 11.3. The fourth-order valence-electron chi connectivity index (χ4n) is 4.59. The van der Waals surface area contributed by atoms with Crippen molar-refractivity contribution in [3.63, 3.8) is 0 Å². The van der Waals surface area contributed by atoms with Crippen LogP contribution >= 0.6 is 24.0 Å². The van der Waals surface area contributed by atoms with Gasteiger partial charge in [0.15, 0.2) is 5.96 Å². The van der Waals surface area contributed by atoms with Crippen molar-refractivity contribution >= 4 is 35.8 Å². The molecular formula is C21H40IN5O2. The van der Waals surface area contributed by atoms with E-state index in [1.807, 2.05) is 0 Å². The molecule has 3 fully saturated rings. The summed E-state index contributed by atoms with van der Waals surface area (Å²) in [4.78, 5) is 24.2. The Bertz CT molecular complexity index is 513. The van der Waals surface area contributed by atoms with Crippen molar-refractivity contribution in [2.75, 3.05) is 72.6 Å². The summed E-state index contributed by atoms with van der Waals surface area (Å²) in [6.45, 7) is 11.2. The zero-order chi connectivity index (χ0) is 19.8. The highest BCUT2D eigenvalue weighted by atomic mass is 127. The number of guanidine groups is 1. The van der Waals surface area contributed by atoms with Crippen LogP contribution in [0.5, 0.6) is 0 Å². The molecule has 168 valence electrons. The van der Waals surface area contributed by atoms with Crippen LogP contribution in [0.2, 0.25) is 0 Å². The second-order valence-electron chi connectivity index (χ2n) is 8.49. The van der Waals surface area contributed by atoms with Gasteiger partial charge in [-0.15, -0.1) is 24.0 Å². The van der Waals surface area contributed by atoms with Gasteiger partial charge in [-0.1, -0.05) is 12.8 Å². The predicted molar refractivity (Wildman–Crippen MR) is 128 cm³/mol. The minimum Gasteiger partial charge on any atom is -0.381 e. The molecule has 0 aromatic carbocycles. The van der Waals surface area contributed by atoms with Crippen molar-refractivity contribution in [2.45, 2.75) is 39.0 Å². The van der Waals surface area contributed by atoms with E-state index in [-0.39, 0.29) is 24.0 Å². The first-order chi connectivity index (χ1) is 13.7. The monoisotopic (exact) mass is 521 g/mol. The molecule has 0 aromatic rings. The molecule has 1 unspecified atom stereocenters. The molecule has 0 spiro atoms. The van der Waals surface area contributed by atoms with Crippen molar-refractivity contribution < 1.29 is 9.53 Å². The van der Waals surface area contributed by atoms with E-state index in [0.29, 0.717) is 17.7 Å². The molecule has 8 heteroatoms. The van der Waals surface area contributed by atoms with Gasteiger partial charge in [0.25, 0.3) is 0 Å². The van der Waals surface area contributed by atoms with Crippen molar-refractivity contribution in [1.29, 1.82) is 0 Å². The van der Waals surface area contributed by atoms with Gasteiger partial charge in [0.1, 0.15) is 0 Å². The number of amides is 1. The predicted octanol–water partition coefficient (Wildman–Crippen LogP) is 1.87. The quantitative estimate of drug-likeness (QED) is 0.315. The summed E-state index contributed by atoms with van der Waals surface area (Å²) in [5.74, 6) is 2.31. The number of nitrogens with one attached hydrogen (secondary N) is 1. The number of hydrogen-bond acceptors (Lipinski definition) is 4. The Kier molecular flexibility index (Phi) is 11.0. The third-order valence-corrected chi connectivity index (χ3v) is 6.32. The molecule has 1 N–H and O–H groups in total. The lowest BCUT2D eigenvalue weighted by molar-refractivity contribution is -0.137. The van der Waals surface area contributed by atoms with Crippen LogP contribution in [0.15, 0.2) is 4.99 Å². The van der Waals surface area contributed by atoms with Crippen LogP contribution < -0.4 is 5.32 Å². The third kappa shape index (κ3) is 7.54. The highest BCUT2D eigenvalue weighted by Gasteiger charge is 2.29. The molecule has 0 aromatic heterocycles. The van der Waals surface area contributed by atoms with Crippen LogP contribution in [0.3, 0.4) is 0 Å². The minimum atomic E-state index is 0. The molecule has 2 saturated heterocycles. The Morgan fingerprint density at radius 3 is 2.52 bits per heavy atom. The lowest BCUT2D eigenvalue weighted by atomic mass is 10.1. The van der Waals surface area contributed by atoms with E-state index in [2.05, 4.69) is 34.0 Å². The van der Waals surface area contributed by atoms with Crippen molar-refractivity contribution in [1.82, 2.24) is 20.0 Å². The van der Waals surface area contributed by atoms with E-state index >= 15 is 0 Å². The smallest absolute Gasteiger partial charge is 0.225 e. The number of ether oxygens (including phenoxy) is 1. The number of nitrogens with zero attached hydrogens (tertiary/aromatic N) is 4. The van der Waals surface area contributed by atoms with Gasteiger partial charge in [-0.3, -0.25) is 14.7 Å². The van der Waals surface area contributed by atoms with Crippen molar-refractivity contribution in [2.24, 2.45) is 16.8 Å². The van der Waals surface area contributed by atoms with Gasteiger partial charge in [0.2, 0.25) is 5.91 Å². The number of carbonyl (C=O) groups is 1. The molecule has 0 bridgehead atoms. The second kappa shape index (κ2) is 12.9. The normalized spacial score (nSPS) is 23.9. The summed E-state index contributed by atoms with van der Waals surface area (Å²) < 4.78 is 5.49. The number of halogens is 1. The summed E-state index contributed by atoms with van der Waals surface area (Å²) in [5, 5.41) is 3.41. The topological polar surface area (TPSA) is 60.4 Å². The fraction of sp³-hybridized carbons (Fsp3) is 0.905. The molecule has 0 radical (unpaired) electrons. The van der Waals surface area contributed by atoms with Crippen LogP contribution in [-0.2, 0) is 9.53 Å². The molecule has 1 aliphatic carbocycles. The third-order valence-electron chi connectivity index (χ3n) is 6.32.